The number of rotatable bonds is 15. The molecule has 0 heterocycles. The fraction of sp³-hybridized carbons (Fsp3) is 0.188. The van der Waals surface area contributed by atoms with E-state index in [2.05, 4.69) is 42.3 Å². The molecule has 1 unspecified atom stereocenters. The molecule has 332 valence electrons. The topological polar surface area (TPSA) is 390 Å². The molecule has 0 aliphatic rings. The summed E-state index contributed by atoms with van der Waals surface area (Å²) in [5, 5.41) is 38.9. The van der Waals surface area contributed by atoms with Gasteiger partial charge in [-0.15, -0.1) is 27.5 Å². The van der Waals surface area contributed by atoms with Gasteiger partial charge < -0.3 is 40.2 Å². The minimum atomic E-state index is -4.79. The minimum absolute atomic E-state index is 0.00718. The largest absolute Gasteiger partial charge is 0.507 e. The lowest BCUT2D eigenvalue weighted by Crippen LogP contribution is -2.15. The average Bonchev–Trinajstić information content (AvgIpc) is 3.20. The Morgan fingerprint density at radius 3 is 1.46 bits per heavy atom. The molecule has 0 aromatic heterocycles. The first-order valence-electron chi connectivity index (χ1n) is 16.1. The number of nitroso groups, excluding NO2 is 3. The van der Waals surface area contributed by atoms with Crippen molar-refractivity contribution in [2.45, 2.75) is 32.7 Å². The van der Waals surface area contributed by atoms with Gasteiger partial charge in [0.2, 0.25) is 0 Å². The van der Waals surface area contributed by atoms with Crippen molar-refractivity contribution < 1.29 is 68.4 Å². The third kappa shape index (κ3) is 11.1. The lowest BCUT2D eigenvalue weighted by molar-refractivity contribution is 0.124. The summed E-state index contributed by atoms with van der Waals surface area (Å²) in [7, 11) is -13.7. The van der Waals surface area contributed by atoms with E-state index < -0.39 is 85.0 Å². The molecule has 0 aliphatic carbocycles. The standard InChI is InChI=1S/C21H22N4O10S2.C11H11NO8S2.H3NS/c1-11-5-19(34-3)15(10-18(11)33-2)21(35-4)22-16-8-14(37(30,31)32)7-12-6-13(9-17(26)20(12)16)36(23-27,24-28)25-29;13-5-12-9-3-7(21(15,16)17)1-6-2-8(22(18,19)20)4-10(14)11(6)9;1-2/h5-10,21-22,26H,1-4H3,(H,30,31,32);1-4,12-14H,5H2,(H,15,16,17)(H,18,19,20);2H,1H2. The van der Waals surface area contributed by atoms with Gasteiger partial charge in [-0.05, 0) is 77.9 Å². The molecule has 5 aromatic carbocycles. The van der Waals surface area contributed by atoms with Crippen molar-refractivity contribution >= 4 is 86.7 Å². The number of nitrogens with two attached hydrogens (primary N) is 1. The summed E-state index contributed by atoms with van der Waals surface area (Å²) in [6.45, 7) is 1.20. The van der Waals surface area contributed by atoms with Crippen LogP contribution < -0.4 is 25.2 Å². The average molecular weight is 953 g/mol. The molecule has 1 atom stereocenters. The van der Waals surface area contributed by atoms with Gasteiger partial charge >= 0.3 is 0 Å². The van der Waals surface area contributed by atoms with E-state index in [9.17, 15) is 54.7 Å². The van der Waals surface area contributed by atoms with Crippen LogP contribution in [0.15, 0.2) is 94.0 Å². The summed E-state index contributed by atoms with van der Waals surface area (Å²) in [6.07, 6.45) is -1.00. The number of phenolic OH excluding ortho intramolecular Hbond substituents is 2. The fourth-order valence-corrected chi connectivity index (χ4v) is 8.19. The first-order chi connectivity index (χ1) is 28.5. The number of methoxy groups -OCH3 is 3. The van der Waals surface area contributed by atoms with Gasteiger partial charge in [-0.3, -0.25) is 18.8 Å². The lowest BCUT2D eigenvalue weighted by atomic mass is 10.1. The molecule has 29 heteroatoms. The highest BCUT2D eigenvalue weighted by atomic mass is 32.3. The van der Waals surface area contributed by atoms with Crippen molar-refractivity contribution in [1.82, 2.24) is 0 Å². The van der Waals surface area contributed by atoms with E-state index in [0.29, 0.717) is 17.1 Å². The zero-order chi connectivity index (χ0) is 46.2. The number of nitrogens with zero attached hydrogens (tertiary/aromatic N) is 3. The van der Waals surface area contributed by atoms with Gasteiger partial charge in [0.1, 0.15) is 29.7 Å². The van der Waals surface area contributed by atoms with Crippen LogP contribution in [0.5, 0.6) is 23.0 Å². The molecule has 0 saturated heterocycles. The Kier molecular flexibility index (Phi) is 16.3. The molecule has 0 amide bonds. The number of aliphatic hydroxyl groups is 1. The van der Waals surface area contributed by atoms with Gasteiger partial charge in [0.25, 0.3) is 30.4 Å². The van der Waals surface area contributed by atoms with E-state index >= 15 is 0 Å². The second kappa shape index (κ2) is 19.9. The maximum absolute atomic E-state index is 12.0. The van der Waals surface area contributed by atoms with Crippen LogP contribution in [-0.2, 0) is 35.1 Å². The second-order valence-electron chi connectivity index (χ2n) is 11.8. The highest BCUT2D eigenvalue weighted by molar-refractivity contribution is 8.30. The molecule has 0 bridgehead atoms. The summed E-state index contributed by atoms with van der Waals surface area (Å²) in [5.41, 5.74) is 1.12. The number of phenols is 2. The molecular formula is C32H36N6O18S5. The van der Waals surface area contributed by atoms with Crippen molar-refractivity contribution in [2.24, 2.45) is 18.9 Å². The number of ether oxygens (including phenoxy) is 3. The summed E-state index contributed by atoms with van der Waals surface area (Å²) in [4.78, 5) is 31.4. The van der Waals surface area contributed by atoms with Crippen molar-refractivity contribution in [3.05, 3.63) is 86.5 Å². The number of benzene rings is 5. The molecule has 0 spiro atoms. The molecule has 0 saturated carbocycles. The number of nitrogens with one attached hydrogen (secondary N) is 2. The Morgan fingerprint density at radius 2 is 1.05 bits per heavy atom. The monoisotopic (exact) mass is 952 g/mol. The third-order valence-electron chi connectivity index (χ3n) is 8.29. The van der Waals surface area contributed by atoms with Crippen LogP contribution in [0.2, 0.25) is 0 Å². The number of anilines is 2. The lowest BCUT2D eigenvalue weighted by Gasteiger charge is -2.24. The Balaban J connectivity index is 0.000000351. The quantitative estimate of drug-likeness (QED) is 0.0276. The molecule has 5 rings (SSSR count). The van der Waals surface area contributed by atoms with Gasteiger partial charge in [-0.2, -0.15) is 25.3 Å². The Hall–Kier alpha value is -5.47. The van der Waals surface area contributed by atoms with E-state index in [1.165, 1.54) is 21.3 Å². The van der Waals surface area contributed by atoms with Crippen LogP contribution in [0.3, 0.4) is 0 Å². The smallest absolute Gasteiger partial charge is 0.294 e. The molecule has 24 nitrogen and oxygen atoms in total. The Bertz CT molecular complexity index is 2800. The summed E-state index contributed by atoms with van der Waals surface area (Å²) >= 11 is 3.03. The Labute approximate surface area is 353 Å². The molecule has 0 radical (unpaired) electrons. The van der Waals surface area contributed by atoms with E-state index in [0.717, 1.165) is 54.1 Å². The number of fused-ring (bicyclic) bond motifs is 2. The van der Waals surface area contributed by atoms with E-state index in [1.54, 1.807) is 19.1 Å². The van der Waals surface area contributed by atoms with Gasteiger partial charge in [0.15, 0.2) is 16.8 Å². The zero-order valence-electron chi connectivity index (χ0n) is 31.6. The summed E-state index contributed by atoms with van der Waals surface area (Å²) in [5.74, 6) is -0.234. The van der Waals surface area contributed by atoms with Crippen LogP contribution in [0.1, 0.15) is 17.4 Å². The molecule has 0 aliphatic heterocycles. The SMILES string of the molecule is COc1cc(C(Nc2cc(S(=O)(=O)O)cc3cc(S(N=O)(N=O)N=O)cc(O)c23)OC)c(OC)cc1C.NS.O=S(=O)(O)c1cc(O)c2c(NCO)cc(S(=O)(=O)O)cc2c1. The molecular weight excluding hydrogens is 917 g/mol. The number of aryl methyl sites for hydroxylation is 1. The van der Waals surface area contributed by atoms with Crippen LogP contribution in [0, 0.1) is 21.6 Å². The normalized spacial score (nSPS) is 12.5. The van der Waals surface area contributed by atoms with Gasteiger partial charge in [-0.25, -0.2) is 0 Å². The molecule has 0 fully saturated rings. The molecule has 5 aromatic rings. The first-order valence-corrected chi connectivity index (χ1v) is 22.4. The highest BCUT2D eigenvalue weighted by Gasteiger charge is 2.33. The summed E-state index contributed by atoms with van der Waals surface area (Å²) in [6, 6.07) is 10.9. The minimum Gasteiger partial charge on any atom is -0.507 e. The maximum atomic E-state index is 12.0. The van der Waals surface area contributed by atoms with E-state index in [4.69, 9.17) is 28.4 Å². The zero-order valence-corrected chi connectivity index (χ0v) is 35.8. The Morgan fingerprint density at radius 1 is 0.639 bits per heavy atom. The van der Waals surface area contributed by atoms with E-state index in [-0.39, 0.29) is 32.9 Å². The number of hydrogen-bond donors (Lipinski definition) is 10. The molecule has 10 N–H and O–H groups in total. The van der Waals surface area contributed by atoms with Gasteiger partial charge in [-0.1, -0.05) is 0 Å². The fourth-order valence-electron chi connectivity index (χ4n) is 5.67. The van der Waals surface area contributed by atoms with Crippen LogP contribution in [-0.4, -0.2) is 82.3 Å². The maximum Gasteiger partial charge on any atom is 0.294 e. The van der Waals surface area contributed by atoms with Crippen LogP contribution in [0.25, 0.3) is 21.5 Å². The number of aliphatic hydroxyl groups excluding tert-OH is 1. The number of aromatic hydroxyl groups is 2. The predicted molar refractivity (Wildman–Crippen MR) is 225 cm³/mol. The predicted octanol–water partition coefficient (Wildman–Crippen LogP) is 5.27. The van der Waals surface area contributed by atoms with Crippen molar-refractivity contribution in [1.29, 1.82) is 0 Å². The van der Waals surface area contributed by atoms with Gasteiger partial charge in [0, 0.05) is 54.6 Å². The van der Waals surface area contributed by atoms with Crippen molar-refractivity contribution in [2.75, 3.05) is 38.7 Å². The number of thiol groups is 1. The van der Waals surface area contributed by atoms with Gasteiger partial charge in [0.05, 0.1) is 33.8 Å². The van der Waals surface area contributed by atoms with Crippen LogP contribution >= 0.6 is 23.4 Å². The molecule has 61 heavy (non-hydrogen) atoms. The third-order valence-corrected chi connectivity index (χ3v) is 12.3. The summed E-state index contributed by atoms with van der Waals surface area (Å²) < 4.78 is 120. The van der Waals surface area contributed by atoms with Crippen LogP contribution in [0.4, 0.5) is 11.4 Å². The van der Waals surface area contributed by atoms with E-state index in [1.807, 2.05) is 0 Å². The van der Waals surface area contributed by atoms with Crippen molar-refractivity contribution in [3.8, 4) is 23.0 Å². The number of hydrogen-bond acceptors (Lipinski definition) is 22. The highest BCUT2D eigenvalue weighted by Crippen LogP contribution is 2.61. The van der Waals surface area contributed by atoms with Crippen molar-refractivity contribution in [3.63, 3.8) is 0 Å². The second-order valence-corrected chi connectivity index (χ2v) is 18.1. The first kappa shape index (κ1) is 49.9.